The van der Waals surface area contributed by atoms with E-state index in [0.717, 1.165) is 20.3 Å². The topological polar surface area (TPSA) is 131 Å². The molecule has 0 saturated heterocycles. The molecule has 0 bridgehead atoms. The number of halogens is 1. The highest BCUT2D eigenvalue weighted by Crippen LogP contribution is 2.29. The molecule has 0 fully saturated rings. The van der Waals surface area contributed by atoms with Gasteiger partial charge in [0, 0.05) is 10.9 Å². The Morgan fingerprint density at radius 3 is 2.59 bits per heavy atom. The maximum absolute atomic E-state index is 13.7. The minimum Gasteiger partial charge on any atom is -0.461 e. The molecule has 0 aliphatic heterocycles. The maximum Gasteiger partial charge on any atom is 0.436 e. The fraction of sp³-hybridized carbons (Fsp3) is 0.250. The minimum absolute atomic E-state index is 0.0435. The third-order valence-electron chi connectivity index (χ3n) is 3.27. The van der Waals surface area contributed by atoms with Crippen LogP contribution in [-0.2, 0) is 14.2 Å². The predicted octanol–water partition coefficient (Wildman–Crippen LogP) is 2.37. The number of guanidine groups is 1. The van der Waals surface area contributed by atoms with E-state index >= 15 is 0 Å². The molecule has 144 valence electrons. The number of methoxy groups -OCH3 is 2. The normalized spacial score (nSPS) is 11.0. The van der Waals surface area contributed by atoms with E-state index in [2.05, 4.69) is 30.1 Å². The SMILES string of the molecule is CCOC(=O)c1[nH]c2ccc(F)cc2c1N/C(=N\C(=O)OC)NC(=O)OC. The van der Waals surface area contributed by atoms with Crippen LogP contribution in [0.4, 0.5) is 19.7 Å². The summed E-state index contributed by atoms with van der Waals surface area (Å²) in [5.74, 6) is -1.69. The van der Waals surface area contributed by atoms with Crippen molar-refractivity contribution in [3.63, 3.8) is 0 Å². The van der Waals surface area contributed by atoms with E-state index < -0.39 is 29.9 Å². The molecule has 0 unspecified atom stereocenters. The molecule has 0 aliphatic carbocycles. The number of esters is 1. The molecule has 27 heavy (non-hydrogen) atoms. The molecule has 2 rings (SSSR count). The second-order valence-electron chi connectivity index (χ2n) is 4.96. The number of H-pyrrole nitrogens is 1. The number of amides is 2. The summed E-state index contributed by atoms with van der Waals surface area (Å²) in [6.45, 7) is 1.72. The van der Waals surface area contributed by atoms with E-state index in [1.54, 1.807) is 6.92 Å². The molecule has 11 heteroatoms. The predicted molar refractivity (Wildman–Crippen MR) is 93.2 cm³/mol. The second kappa shape index (κ2) is 8.65. The zero-order chi connectivity index (χ0) is 20.0. The molecule has 0 aliphatic rings. The summed E-state index contributed by atoms with van der Waals surface area (Å²) in [5, 5.41) is 5.04. The quantitative estimate of drug-likeness (QED) is 0.322. The lowest BCUT2D eigenvalue weighted by atomic mass is 10.2. The molecule has 0 radical (unpaired) electrons. The summed E-state index contributed by atoms with van der Waals surface area (Å²) in [7, 11) is 2.20. The molecule has 0 saturated carbocycles. The Kier molecular flexibility index (Phi) is 6.31. The first-order valence-corrected chi connectivity index (χ1v) is 7.66. The third kappa shape index (κ3) is 4.71. The Morgan fingerprint density at radius 1 is 1.22 bits per heavy atom. The first-order valence-electron chi connectivity index (χ1n) is 7.66. The minimum atomic E-state index is -1.03. The van der Waals surface area contributed by atoms with Crippen LogP contribution < -0.4 is 10.6 Å². The van der Waals surface area contributed by atoms with Crippen molar-refractivity contribution in [1.82, 2.24) is 10.3 Å². The van der Waals surface area contributed by atoms with Crippen molar-refractivity contribution in [3.8, 4) is 0 Å². The summed E-state index contributed by atoms with van der Waals surface area (Å²) in [4.78, 5) is 41.5. The highest BCUT2D eigenvalue weighted by atomic mass is 19.1. The van der Waals surface area contributed by atoms with Crippen LogP contribution in [0.2, 0.25) is 0 Å². The van der Waals surface area contributed by atoms with Crippen molar-refractivity contribution < 1.29 is 33.0 Å². The van der Waals surface area contributed by atoms with Crippen molar-refractivity contribution in [2.75, 3.05) is 26.1 Å². The summed E-state index contributed by atoms with van der Waals surface area (Å²) < 4.78 is 27.5. The van der Waals surface area contributed by atoms with Crippen molar-refractivity contribution >= 4 is 40.7 Å². The van der Waals surface area contributed by atoms with E-state index in [1.807, 2.05) is 0 Å². The standard InChI is InChI=1S/C16H17FN4O6/c1-4-27-13(22)12-11(9-7-8(17)5-6-10(9)18-12)19-14(20-15(23)25-2)21-16(24)26-3/h5-7,18H,4H2,1-3H3,(H2,19,20,21,23,24). The highest BCUT2D eigenvalue weighted by Gasteiger charge is 2.22. The Labute approximate surface area is 152 Å². The van der Waals surface area contributed by atoms with Crippen LogP contribution in [-0.4, -0.2) is 49.9 Å². The van der Waals surface area contributed by atoms with Gasteiger partial charge in [-0.1, -0.05) is 0 Å². The molecule has 1 aromatic carbocycles. The van der Waals surface area contributed by atoms with Gasteiger partial charge in [0.15, 0.2) is 0 Å². The highest BCUT2D eigenvalue weighted by molar-refractivity contribution is 6.14. The van der Waals surface area contributed by atoms with Crippen LogP contribution in [0.15, 0.2) is 23.2 Å². The van der Waals surface area contributed by atoms with Crippen LogP contribution in [0.1, 0.15) is 17.4 Å². The fourth-order valence-corrected chi connectivity index (χ4v) is 2.14. The molecule has 3 N–H and O–H groups in total. The van der Waals surface area contributed by atoms with Crippen molar-refractivity contribution in [3.05, 3.63) is 29.7 Å². The van der Waals surface area contributed by atoms with Gasteiger partial charge in [0.2, 0.25) is 5.96 Å². The molecule has 2 aromatic rings. The molecule has 0 atom stereocenters. The number of benzene rings is 1. The van der Waals surface area contributed by atoms with Gasteiger partial charge in [0.25, 0.3) is 0 Å². The molecule has 0 spiro atoms. The molecular formula is C16H17FN4O6. The number of nitrogens with zero attached hydrogens (tertiary/aromatic N) is 1. The average molecular weight is 380 g/mol. The summed E-state index contributed by atoms with van der Waals surface area (Å²) >= 11 is 0. The molecular weight excluding hydrogens is 363 g/mol. The number of rotatable bonds is 3. The molecule has 10 nitrogen and oxygen atoms in total. The second-order valence-corrected chi connectivity index (χ2v) is 4.96. The van der Waals surface area contributed by atoms with Gasteiger partial charge < -0.3 is 24.5 Å². The fourth-order valence-electron chi connectivity index (χ4n) is 2.14. The van der Waals surface area contributed by atoms with Gasteiger partial charge in [0.1, 0.15) is 11.5 Å². The number of ether oxygens (including phenoxy) is 3. The Balaban J connectivity index is 2.55. The number of hydrogen-bond acceptors (Lipinski definition) is 6. The van der Waals surface area contributed by atoms with E-state index in [4.69, 9.17) is 4.74 Å². The van der Waals surface area contributed by atoms with Gasteiger partial charge in [-0.2, -0.15) is 0 Å². The maximum atomic E-state index is 13.7. The third-order valence-corrected chi connectivity index (χ3v) is 3.27. The number of fused-ring (bicyclic) bond motifs is 1. The molecule has 1 aromatic heterocycles. The van der Waals surface area contributed by atoms with Crippen LogP contribution >= 0.6 is 0 Å². The lowest BCUT2D eigenvalue weighted by molar-refractivity contribution is 0.0521. The molecule has 1 heterocycles. The molecule has 2 amide bonds. The zero-order valence-corrected chi connectivity index (χ0v) is 14.7. The van der Waals surface area contributed by atoms with Crippen molar-refractivity contribution in [2.45, 2.75) is 6.92 Å². The smallest absolute Gasteiger partial charge is 0.436 e. The Hall–Kier alpha value is -3.63. The van der Waals surface area contributed by atoms with E-state index in [-0.39, 0.29) is 23.4 Å². The van der Waals surface area contributed by atoms with E-state index in [9.17, 15) is 18.8 Å². The van der Waals surface area contributed by atoms with Crippen LogP contribution in [0, 0.1) is 5.82 Å². The van der Waals surface area contributed by atoms with Crippen molar-refractivity contribution in [2.24, 2.45) is 4.99 Å². The van der Waals surface area contributed by atoms with Crippen LogP contribution in [0.5, 0.6) is 0 Å². The summed E-state index contributed by atoms with van der Waals surface area (Å²) in [6, 6.07) is 3.78. The number of aromatic nitrogens is 1. The van der Waals surface area contributed by atoms with Gasteiger partial charge in [0.05, 0.1) is 26.5 Å². The first kappa shape index (κ1) is 19.7. The number of carbonyl (C=O) groups excluding carboxylic acids is 3. The number of aliphatic imine (C=N–C) groups is 1. The number of aromatic amines is 1. The van der Waals surface area contributed by atoms with Gasteiger partial charge in [-0.15, -0.1) is 4.99 Å². The summed E-state index contributed by atoms with van der Waals surface area (Å²) in [5.41, 5.74) is 0.404. The number of anilines is 1. The van der Waals surface area contributed by atoms with Gasteiger partial charge >= 0.3 is 18.2 Å². The van der Waals surface area contributed by atoms with Gasteiger partial charge in [-0.3, -0.25) is 5.32 Å². The Bertz CT molecular complexity index is 908. The lowest BCUT2D eigenvalue weighted by Crippen LogP contribution is -2.37. The number of carbonyl (C=O) groups is 3. The zero-order valence-electron chi connectivity index (χ0n) is 14.7. The number of hydrogen-bond donors (Lipinski definition) is 3. The average Bonchev–Trinajstić information content (AvgIpc) is 2.99. The van der Waals surface area contributed by atoms with Crippen LogP contribution in [0.25, 0.3) is 10.9 Å². The van der Waals surface area contributed by atoms with Crippen molar-refractivity contribution in [1.29, 1.82) is 0 Å². The van der Waals surface area contributed by atoms with E-state index in [0.29, 0.717) is 5.52 Å². The van der Waals surface area contributed by atoms with Gasteiger partial charge in [-0.25, -0.2) is 18.8 Å². The van der Waals surface area contributed by atoms with E-state index in [1.165, 1.54) is 12.1 Å². The number of alkyl carbamates (subject to hydrolysis) is 1. The largest absolute Gasteiger partial charge is 0.461 e. The number of nitrogens with one attached hydrogen (secondary N) is 3. The van der Waals surface area contributed by atoms with Gasteiger partial charge in [-0.05, 0) is 25.1 Å². The van der Waals surface area contributed by atoms with Crippen LogP contribution in [0.3, 0.4) is 0 Å². The Morgan fingerprint density at radius 2 is 1.96 bits per heavy atom. The summed E-state index contributed by atoms with van der Waals surface area (Å²) in [6.07, 6.45) is -1.97. The first-order chi connectivity index (χ1) is 12.9. The monoisotopic (exact) mass is 380 g/mol. The lowest BCUT2D eigenvalue weighted by Gasteiger charge is -2.11.